The molecule has 100 valence electrons. The Labute approximate surface area is 114 Å². The van der Waals surface area contributed by atoms with Gasteiger partial charge in [-0.1, -0.05) is 31.9 Å². The lowest BCUT2D eigenvalue weighted by Crippen LogP contribution is -2.38. The molecular weight excluding hydrogens is 246 g/mol. The van der Waals surface area contributed by atoms with Crippen LogP contribution in [-0.2, 0) is 6.54 Å². The van der Waals surface area contributed by atoms with Gasteiger partial charge in [-0.3, -0.25) is 0 Å². The monoisotopic (exact) mass is 267 g/mol. The van der Waals surface area contributed by atoms with Crippen LogP contribution in [0.3, 0.4) is 0 Å². The van der Waals surface area contributed by atoms with Crippen molar-refractivity contribution in [2.24, 2.45) is 11.1 Å². The van der Waals surface area contributed by atoms with Crippen molar-refractivity contribution in [1.29, 1.82) is 0 Å². The van der Waals surface area contributed by atoms with Crippen molar-refractivity contribution in [1.82, 2.24) is 4.98 Å². The molecule has 1 aliphatic heterocycles. The average molecular weight is 268 g/mol. The van der Waals surface area contributed by atoms with E-state index in [9.17, 15) is 0 Å². The Morgan fingerprint density at radius 2 is 2.06 bits per heavy atom. The lowest BCUT2D eigenvalue weighted by atomic mass is 9.78. The van der Waals surface area contributed by atoms with E-state index in [-0.39, 0.29) is 0 Å². The van der Waals surface area contributed by atoms with E-state index in [1.54, 1.807) is 0 Å². The van der Waals surface area contributed by atoms with Crippen LogP contribution >= 0.6 is 11.6 Å². The highest BCUT2D eigenvalue weighted by atomic mass is 35.5. The number of anilines is 1. The SMILES string of the molecule is CCC1(C)CCN(c2ccc(Cl)c(CN)n2)CC1. The van der Waals surface area contributed by atoms with Gasteiger partial charge in [0.05, 0.1) is 10.7 Å². The Morgan fingerprint density at radius 3 is 2.61 bits per heavy atom. The maximum Gasteiger partial charge on any atom is 0.128 e. The van der Waals surface area contributed by atoms with Crippen LogP contribution in [0, 0.1) is 5.41 Å². The molecular formula is C14H22ClN3. The van der Waals surface area contributed by atoms with E-state index in [2.05, 4.69) is 23.7 Å². The van der Waals surface area contributed by atoms with Gasteiger partial charge in [0.2, 0.25) is 0 Å². The standard InChI is InChI=1S/C14H22ClN3/c1-3-14(2)6-8-18(9-7-14)13-5-4-11(15)12(10-16)17-13/h4-5H,3,6-10,16H2,1-2H3. The van der Waals surface area contributed by atoms with Crippen molar-refractivity contribution >= 4 is 17.4 Å². The first-order valence-electron chi connectivity index (χ1n) is 6.68. The fourth-order valence-corrected chi connectivity index (χ4v) is 2.60. The number of halogens is 1. The Balaban J connectivity index is 2.10. The van der Waals surface area contributed by atoms with E-state index in [1.807, 2.05) is 12.1 Å². The third kappa shape index (κ3) is 2.78. The Kier molecular flexibility index (Phi) is 4.13. The molecule has 4 heteroatoms. The normalized spacial score (nSPS) is 19.0. The van der Waals surface area contributed by atoms with Gasteiger partial charge in [-0.05, 0) is 30.4 Å². The summed E-state index contributed by atoms with van der Waals surface area (Å²) in [4.78, 5) is 6.90. The number of nitrogens with zero attached hydrogens (tertiary/aromatic N) is 2. The van der Waals surface area contributed by atoms with Crippen LogP contribution in [0.4, 0.5) is 5.82 Å². The third-order valence-corrected chi connectivity index (χ3v) is 4.59. The highest BCUT2D eigenvalue weighted by Gasteiger charge is 2.28. The van der Waals surface area contributed by atoms with Crippen LogP contribution in [0.25, 0.3) is 0 Å². The number of aromatic nitrogens is 1. The minimum absolute atomic E-state index is 0.396. The van der Waals surface area contributed by atoms with E-state index in [4.69, 9.17) is 17.3 Å². The van der Waals surface area contributed by atoms with Crippen LogP contribution in [0.2, 0.25) is 5.02 Å². The molecule has 2 heterocycles. The van der Waals surface area contributed by atoms with Gasteiger partial charge in [0.1, 0.15) is 5.82 Å². The summed E-state index contributed by atoms with van der Waals surface area (Å²) < 4.78 is 0. The van der Waals surface area contributed by atoms with E-state index in [1.165, 1.54) is 19.3 Å². The van der Waals surface area contributed by atoms with Crippen molar-refractivity contribution in [3.05, 3.63) is 22.8 Å². The molecule has 3 nitrogen and oxygen atoms in total. The average Bonchev–Trinajstić information content (AvgIpc) is 2.40. The molecule has 1 aliphatic rings. The topological polar surface area (TPSA) is 42.1 Å². The van der Waals surface area contributed by atoms with Gasteiger partial charge in [-0.2, -0.15) is 0 Å². The number of rotatable bonds is 3. The van der Waals surface area contributed by atoms with E-state index < -0.39 is 0 Å². The molecule has 2 N–H and O–H groups in total. The van der Waals surface area contributed by atoms with Crippen LogP contribution in [0.5, 0.6) is 0 Å². The highest BCUT2D eigenvalue weighted by molar-refractivity contribution is 6.31. The number of pyridine rings is 1. The van der Waals surface area contributed by atoms with Gasteiger partial charge in [0.15, 0.2) is 0 Å². The maximum atomic E-state index is 6.04. The summed E-state index contributed by atoms with van der Waals surface area (Å²) in [5.41, 5.74) is 6.94. The zero-order chi connectivity index (χ0) is 13.2. The molecule has 1 aromatic rings. The third-order valence-electron chi connectivity index (χ3n) is 4.25. The molecule has 0 atom stereocenters. The van der Waals surface area contributed by atoms with Gasteiger partial charge in [0, 0.05) is 19.6 Å². The highest BCUT2D eigenvalue weighted by Crippen LogP contribution is 2.35. The van der Waals surface area contributed by atoms with Gasteiger partial charge in [-0.15, -0.1) is 0 Å². The summed E-state index contributed by atoms with van der Waals surface area (Å²) in [5, 5.41) is 0.664. The number of hydrogen-bond acceptors (Lipinski definition) is 3. The predicted molar refractivity (Wildman–Crippen MR) is 77.0 cm³/mol. The van der Waals surface area contributed by atoms with Crippen LogP contribution < -0.4 is 10.6 Å². The lowest BCUT2D eigenvalue weighted by Gasteiger charge is -2.39. The summed E-state index contributed by atoms with van der Waals surface area (Å²) in [7, 11) is 0. The second-order valence-corrected chi connectivity index (χ2v) is 5.86. The molecule has 18 heavy (non-hydrogen) atoms. The van der Waals surface area contributed by atoms with Crippen molar-refractivity contribution in [2.75, 3.05) is 18.0 Å². The van der Waals surface area contributed by atoms with Crippen molar-refractivity contribution in [3.63, 3.8) is 0 Å². The Morgan fingerprint density at radius 1 is 1.39 bits per heavy atom. The summed E-state index contributed by atoms with van der Waals surface area (Å²) in [6, 6.07) is 3.90. The number of hydrogen-bond donors (Lipinski definition) is 1. The Bertz CT molecular complexity index is 412. The summed E-state index contributed by atoms with van der Waals surface area (Å²) >= 11 is 6.04. The van der Waals surface area contributed by atoms with Gasteiger partial charge in [0.25, 0.3) is 0 Å². The fraction of sp³-hybridized carbons (Fsp3) is 0.643. The number of piperidine rings is 1. The summed E-state index contributed by atoms with van der Waals surface area (Å²) in [6.45, 7) is 7.20. The van der Waals surface area contributed by atoms with Crippen molar-refractivity contribution < 1.29 is 0 Å². The summed E-state index contributed by atoms with van der Waals surface area (Å²) in [5.74, 6) is 1.01. The zero-order valence-corrected chi connectivity index (χ0v) is 12.0. The molecule has 0 radical (unpaired) electrons. The molecule has 0 spiro atoms. The van der Waals surface area contributed by atoms with Crippen LogP contribution in [0.15, 0.2) is 12.1 Å². The molecule has 0 saturated carbocycles. The van der Waals surface area contributed by atoms with E-state index in [0.29, 0.717) is 17.0 Å². The van der Waals surface area contributed by atoms with Crippen molar-refractivity contribution in [2.45, 2.75) is 39.7 Å². The molecule has 1 fully saturated rings. The quantitative estimate of drug-likeness (QED) is 0.914. The lowest BCUT2D eigenvalue weighted by molar-refractivity contribution is 0.238. The van der Waals surface area contributed by atoms with E-state index in [0.717, 1.165) is 24.6 Å². The number of nitrogens with two attached hydrogens (primary N) is 1. The van der Waals surface area contributed by atoms with Gasteiger partial charge in [-0.25, -0.2) is 4.98 Å². The fourth-order valence-electron chi connectivity index (χ4n) is 2.42. The van der Waals surface area contributed by atoms with Crippen molar-refractivity contribution in [3.8, 4) is 0 Å². The maximum absolute atomic E-state index is 6.04. The molecule has 2 rings (SSSR count). The first-order valence-corrected chi connectivity index (χ1v) is 7.06. The van der Waals surface area contributed by atoms with Crippen LogP contribution in [0.1, 0.15) is 38.8 Å². The van der Waals surface area contributed by atoms with Gasteiger partial charge >= 0.3 is 0 Å². The Hall–Kier alpha value is -0.800. The molecule has 0 aliphatic carbocycles. The molecule has 0 unspecified atom stereocenters. The molecule has 0 bridgehead atoms. The zero-order valence-electron chi connectivity index (χ0n) is 11.2. The molecule has 1 aromatic heterocycles. The second kappa shape index (κ2) is 5.45. The molecule has 1 saturated heterocycles. The second-order valence-electron chi connectivity index (χ2n) is 5.45. The van der Waals surface area contributed by atoms with Gasteiger partial charge < -0.3 is 10.6 Å². The summed E-state index contributed by atoms with van der Waals surface area (Å²) in [6.07, 6.45) is 3.71. The molecule has 0 amide bonds. The minimum atomic E-state index is 0.396. The first-order chi connectivity index (χ1) is 8.58. The van der Waals surface area contributed by atoms with Crippen LogP contribution in [-0.4, -0.2) is 18.1 Å². The largest absolute Gasteiger partial charge is 0.357 e. The smallest absolute Gasteiger partial charge is 0.128 e. The predicted octanol–water partition coefficient (Wildman–Crippen LogP) is 3.21. The minimum Gasteiger partial charge on any atom is -0.357 e. The van der Waals surface area contributed by atoms with E-state index >= 15 is 0 Å². The molecule has 0 aromatic carbocycles. The first kappa shape index (κ1) is 13.6.